The summed E-state index contributed by atoms with van der Waals surface area (Å²) in [6, 6.07) is 7.16. The molecule has 0 aliphatic heterocycles. The van der Waals surface area contributed by atoms with Crippen molar-refractivity contribution in [2.75, 3.05) is 5.32 Å². The fraction of sp³-hybridized carbons (Fsp3) is 0.188. The minimum absolute atomic E-state index is 0.103. The van der Waals surface area contributed by atoms with Crippen molar-refractivity contribution in [3.8, 4) is 5.69 Å². The highest BCUT2D eigenvalue weighted by Crippen LogP contribution is 2.28. The van der Waals surface area contributed by atoms with Crippen molar-refractivity contribution in [1.29, 1.82) is 0 Å². The summed E-state index contributed by atoms with van der Waals surface area (Å²) < 4.78 is 3.39. The van der Waals surface area contributed by atoms with E-state index in [-0.39, 0.29) is 5.91 Å². The van der Waals surface area contributed by atoms with E-state index in [1.54, 1.807) is 52.2 Å². The molecule has 0 saturated carbocycles. The molecule has 2 heterocycles. The van der Waals surface area contributed by atoms with Crippen LogP contribution in [0.15, 0.2) is 49.1 Å². The zero-order valence-corrected chi connectivity index (χ0v) is 13.4. The van der Waals surface area contributed by atoms with E-state index < -0.39 is 0 Å². The Labute approximate surface area is 138 Å². The summed E-state index contributed by atoms with van der Waals surface area (Å²) in [6.07, 6.45) is 7.44. The maximum atomic E-state index is 12.2. The Kier molecular flexibility index (Phi) is 4.43. The molecule has 0 aliphatic rings. The van der Waals surface area contributed by atoms with E-state index >= 15 is 0 Å². The monoisotopic (exact) mass is 329 g/mol. The number of benzene rings is 1. The highest BCUT2D eigenvalue weighted by Gasteiger charge is 2.12. The number of aryl methyl sites for hydroxylation is 2. The van der Waals surface area contributed by atoms with E-state index in [1.165, 1.54) is 0 Å². The zero-order valence-electron chi connectivity index (χ0n) is 12.6. The van der Waals surface area contributed by atoms with Gasteiger partial charge in [-0.2, -0.15) is 10.2 Å². The summed E-state index contributed by atoms with van der Waals surface area (Å²) >= 11 is 6.25. The standard InChI is InChI=1S/C16H16ClN5O/c1-12-10-19-21(11-12)9-6-15(23)20-14-5-2-4-13(17)16(14)22-8-3-7-18-22/h2-5,7-8,10-11H,6,9H2,1H3,(H,20,23). The van der Waals surface area contributed by atoms with E-state index in [0.29, 0.717) is 29.4 Å². The average molecular weight is 330 g/mol. The maximum Gasteiger partial charge on any atom is 0.226 e. The molecule has 1 N–H and O–H groups in total. The van der Waals surface area contributed by atoms with Crippen LogP contribution in [0.1, 0.15) is 12.0 Å². The molecule has 0 bridgehead atoms. The van der Waals surface area contributed by atoms with Crippen LogP contribution in [0.25, 0.3) is 5.69 Å². The smallest absolute Gasteiger partial charge is 0.226 e. The number of aromatic nitrogens is 4. The molecule has 0 atom stereocenters. The van der Waals surface area contributed by atoms with Crippen LogP contribution in [0.3, 0.4) is 0 Å². The highest BCUT2D eigenvalue weighted by molar-refractivity contribution is 6.33. The summed E-state index contributed by atoms with van der Waals surface area (Å²) in [6.45, 7) is 2.49. The molecule has 3 rings (SSSR count). The van der Waals surface area contributed by atoms with Crippen LogP contribution < -0.4 is 5.32 Å². The molecule has 7 heteroatoms. The van der Waals surface area contributed by atoms with Crippen LogP contribution in [0, 0.1) is 6.92 Å². The van der Waals surface area contributed by atoms with Gasteiger partial charge in [-0.25, -0.2) is 4.68 Å². The van der Waals surface area contributed by atoms with Gasteiger partial charge in [-0.1, -0.05) is 17.7 Å². The molecule has 0 spiro atoms. The van der Waals surface area contributed by atoms with Gasteiger partial charge in [0.15, 0.2) is 0 Å². The van der Waals surface area contributed by atoms with Crippen molar-refractivity contribution in [2.45, 2.75) is 19.9 Å². The number of anilines is 1. The molecule has 0 saturated heterocycles. The minimum atomic E-state index is -0.103. The van der Waals surface area contributed by atoms with Gasteiger partial charge in [0, 0.05) is 31.6 Å². The topological polar surface area (TPSA) is 64.7 Å². The lowest BCUT2D eigenvalue weighted by molar-refractivity contribution is -0.116. The van der Waals surface area contributed by atoms with Crippen molar-refractivity contribution in [3.05, 3.63) is 59.6 Å². The van der Waals surface area contributed by atoms with Gasteiger partial charge in [0.1, 0.15) is 5.69 Å². The molecular formula is C16H16ClN5O. The van der Waals surface area contributed by atoms with Crippen LogP contribution in [0.4, 0.5) is 5.69 Å². The molecule has 3 aromatic rings. The Morgan fingerprint density at radius 3 is 2.87 bits per heavy atom. The molecular weight excluding hydrogens is 314 g/mol. The first-order valence-corrected chi connectivity index (χ1v) is 7.59. The van der Waals surface area contributed by atoms with E-state index in [2.05, 4.69) is 15.5 Å². The lowest BCUT2D eigenvalue weighted by Gasteiger charge is -2.12. The first-order valence-electron chi connectivity index (χ1n) is 7.21. The number of carbonyl (C=O) groups excluding carboxylic acids is 1. The summed E-state index contributed by atoms with van der Waals surface area (Å²) in [7, 11) is 0. The number of nitrogens with zero attached hydrogens (tertiary/aromatic N) is 4. The van der Waals surface area contributed by atoms with E-state index in [1.807, 2.05) is 13.1 Å². The van der Waals surface area contributed by atoms with Crippen LogP contribution >= 0.6 is 11.6 Å². The summed E-state index contributed by atoms with van der Waals surface area (Å²) in [5.41, 5.74) is 2.35. The fourth-order valence-corrected chi connectivity index (χ4v) is 2.53. The zero-order chi connectivity index (χ0) is 16.2. The first-order chi connectivity index (χ1) is 11.1. The van der Waals surface area contributed by atoms with Gasteiger partial charge >= 0.3 is 0 Å². The third-order valence-electron chi connectivity index (χ3n) is 3.32. The normalized spacial score (nSPS) is 10.7. The summed E-state index contributed by atoms with van der Waals surface area (Å²) in [4.78, 5) is 12.2. The molecule has 2 aromatic heterocycles. The highest BCUT2D eigenvalue weighted by atomic mass is 35.5. The second kappa shape index (κ2) is 6.66. The number of hydrogen-bond acceptors (Lipinski definition) is 3. The average Bonchev–Trinajstić information content (AvgIpc) is 3.17. The Balaban J connectivity index is 1.72. The van der Waals surface area contributed by atoms with E-state index in [0.717, 1.165) is 5.56 Å². The number of rotatable bonds is 5. The SMILES string of the molecule is Cc1cnn(CCC(=O)Nc2cccc(Cl)c2-n2cccn2)c1. The lowest BCUT2D eigenvalue weighted by atomic mass is 10.2. The summed E-state index contributed by atoms with van der Waals surface area (Å²) in [5.74, 6) is -0.103. The Bertz CT molecular complexity index is 810. The Morgan fingerprint density at radius 1 is 1.30 bits per heavy atom. The third-order valence-corrected chi connectivity index (χ3v) is 3.63. The minimum Gasteiger partial charge on any atom is -0.324 e. The first kappa shape index (κ1) is 15.3. The van der Waals surface area contributed by atoms with Gasteiger partial charge in [0.25, 0.3) is 0 Å². The molecule has 0 unspecified atom stereocenters. The van der Waals surface area contributed by atoms with Gasteiger partial charge < -0.3 is 5.32 Å². The molecule has 1 aromatic carbocycles. The maximum absolute atomic E-state index is 12.2. The number of para-hydroxylation sites is 1. The van der Waals surface area contributed by atoms with E-state index in [9.17, 15) is 4.79 Å². The van der Waals surface area contributed by atoms with Gasteiger partial charge in [-0.05, 0) is 30.7 Å². The number of hydrogen-bond donors (Lipinski definition) is 1. The predicted octanol–water partition coefficient (Wildman–Crippen LogP) is 3.06. The summed E-state index contributed by atoms with van der Waals surface area (Å²) in [5, 5.41) is 11.8. The molecule has 1 amide bonds. The molecule has 6 nitrogen and oxygen atoms in total. The predicted molar refractivity (Wildman–Crippen MR) is 88.8 cm³/mol. The Morgan fingerprint density at radius 2 is 2.17 bits per heavy atom. The van der Waals surface area contributed by atoms with Crippen LogP contribution in [0.5, 0.6) is 0 Å². The number of carbonyl (C=O) groups is 1. The van der Waals surface area contributed by atoms with Crippen molar-refractivity contribution >= 4 is 23.2 Å². The molecule has 0 radical (unpaired) electrons. The van der Waals surface area contributed by atoms with Crippen LogP contribution in [-0.4, -0.2) is 25.5 Å². The van der Waals surface area contributed by atoms with Gasteiger partial charge in [0.2, 0.25) is 5.91 Å². The molecule has 118 valence electrons. The van der Waals surface area contributed by atoms with E-state index in [4.69, 9.17) is 11.6 Å². The molecule has 0 fully saturated rings. The van der Waals surface area contributed by atoms with Gasteiger partial charge in [-0.3, -0.25) is 9.48 Å². The fourth-order valence-electron chi connectivity index (χ4n) is 2.27. The molecule has 0 aliphatic carbocycles. The van der Waals surface area contributed by atoms with Crippen molar-refractivity contribution in [1.82, 2.24) is 19.6 Å². The third kappa shape index (κ3) is 3.60. The van der Waals surface area contributed by atoms with Crippen LogP contribution in [-0.2, 0) is 11.3 Å². The van der Waals surface area contributed by atoms with Gasteiger partial charge in [-0.15, -0.1) is 0 Å². The quantitative estimate of drug-likeness (QED) is 0.782. The second-order valence-corrected chi connectivity index (χ2v) is 5.57. The largest absolute Gasteiger partial charge is 0.324 e. The number of nitrogens with one attached hydrogen (secondary N) is 1. The Hall–Kier alpha value is -2.60. The number of amides is 1. The van der Waals surface area contributed by atoms with Crippen molar-refractivity contribution in [3.63, 3.8) is 0 Å². The van der Waals surface area contributed by atoms with Gasteiger partial charge in [0.05, 0.1) is 16.9 Å². The van der Waals surface area contributed by atoms with Crippen molar-refractivity contribution < 1.29 is 4.79 Å². The van der Waals surface area contributed by atoms with Crippen molar-refractivity contribution in [2.24, 2.45) is 0 Å². The lowest BCUT2D eigenvalue weighted by Crippen LogP contribution is -2.16. The number of halogens is 1. The second-order valence-electron chi connectivity index (χ2n) is 5.17. The molecule has 23 heavy (non-hydrogen) atoms. The van der Waals surface area contributed by atoms with Crippen LogP contribution in [0.2, 0.25) is 5.02 Å².